The number of pyridine rings is 1. The molecule has 0 aliphatic carbocycles. The fraction of sp³-hybridized carbons (Fsp3) is 0.250. The van der Waals surface area contributed by atoms with E-state index in [0.29, 0.717) is 5.02 Å². The Bertz CT molecular complexity index is 1090. The predicted molar refractivity (Wildman–Crippen MR) is 108 cm³/mol. The van der Waals surface area contributed by atoms with E-state index < -0.39 is 9.84 Å². The Morgan fingerprint density at radius 3 is 2.44 bits per heavy atom. The van der Waals surface area contributed by atoms with Crippen LogP contribution in [0.15, 0.2) is 64.5 Å². The monoisotopic (exact) mass is 401 g/mol. The van der Waals surface area contributed by atoms with Gasteiger partial charge in [-0.15, -0.1) is 0 Å². The number of para-hydroxylation sites is 1. The highest BCUT2D eigenvalue weighted by Gasteiger charge is 2.21. The summed E-state index contributed by atoms with van der Waals surface area (Å²) in [5.74, 6) is 0. The second-order valence-corrected chi connectivity index (χ2v) is 9.16. The maximum atomic E-state index is 12.9. The molecule has 0 N–H and O–H groups in total. The zero-order valence-corrected chi connectivity index (χ0v) is 16.5. The third-order valence-corrected chi connectivity index (χ3v) is 6.88. The molecule has 1 aromatic heterocycles. The summed E-state index contributed by atoms with van der Waals surface area (Å²) in [6, 6.07) is 13.9. The highest BCUT2D eigenvalue weighted by Crippen LogP contribution is 2.30. The van der Waals surface area contributed by atoms with E-state index in [1.165, 1.54) is 12.3 Å². The molecule has 0 unspecified atom stereocenters. The minimum atomic E-state index is -3.67. The van der Waals surface area contributed by atoms with Gasteiger partial charge in [-0.2, -0.15) is 0 Å². The van der Waals surface area contributed by atoms with Gasteiger partial charge in [0.2, 0.25) is 9.84 Å². The summed E-state index contributed by atoms with van der Waals surface area (Å²) in [4.78, 5) is 9.47. The van der Waals surface area contributed by atoms with Crippen molar-refractivity contribution in [2.75, 3.05) is 38.1 Å². The van der Waals surface area contributed by atoms with Crippen molar-refractivity contribution in [2.45, 2.75) is 9.79 Å². The fourth-order valence-electron chi connectivity index (χ4n) is 3.34. The number of aromatic nitrogens is 1. The van der Waals surface area contributed by atoms with Crippen molar-refractivity contribution in [1.82, 2.24) is 9.88 Å². The molecule has 27 heavy (non-hydrogen) atoms. The predicted octanol–water partition coefficient (Wildman–Crippen LogP) is 3.47. The summed E-state index contributed by atoms with van der Waals surface area (Å²) < 4.78 is 25.9. The van der Waals surface area contributed by atoms with Crippen molar-refractivity contribution < 1.29 is 8.42 Å². The molecule has 1 fully saturated rings. The molecule has 1 aliphatic rings. The molecular weight excluding hydrogens is 382 g/mol. The molecule has 0 spiro atoms. The zero-order valence-electron chi connectivity index (χ0n) is 15.0. The van der Waals surface area contributed by atoms with Gasteiger partial charge in [0, 0.05) is 42.8 Å². The van der Waals surface area contributed by atoms with E-state index >= 15 is 0 Å². The summed E-state index contributed by atoms with van der Waals surface area (Å²) in [5, 5.41) is 1.21. The standard InChI is InChI=1S/C20H20ClN3O2S/c1-23-8-10-24(11-9-23)19-7-2-4-15-12-18(14-22-20(15)19)27(25,26)17-6-3-5-16(21)13-17/h2-7,12-14H,8-11H2,1H3. The first kappa shape index (κ1) is 18.2. The number of hydrogen-bond acceptors (Lipinski definition) is 5. The summed E-state index contributed by atoms with van der Waals surface area (Å²) in [5.41, 5.74) is 1.87. The molecule has 2 aromatic carbocycles. The zero-order chi connectivity index (χ0) is 19.0. The van der Waals surface area contributed by atoms with Crippen LogP contribution in [0.5, 0.6) is 0 Å². The van der Waals surface area contributed by atoms with E-state index in [9.17, 15) is 8.42 Å². The molecule has 0 saturated carbocycles. The van der Waals surface area contributed by atoms with Crippen LogP contribution in [0.1, 0.15) is 0 Å². The molecule has 0 bridgehead atoms. The molecule has 2 heterocycles. The number of anilines is 1. The average Bonchev–Trinajstić information content (AvgIpc) is 2.68. The number of likely N-dealkylation sites (N-methyl/N-ethyl adjacent to an activating group) is 1. The van der Waals surface area contributed by atoms with E-state index in [-0.39, 0.29) is 9.79 Å². The Kier molecular flexibility index (Phi) is 4.80. The molecule has 0 atom stereocenters. The topological polar surface area (TPSA) is 53.5 Å². The average molecular weight is 402 g/mol. The molecule has 5 nitrogen and oxygen atoms in total. The first-order chi connectivity index (χ1) is 12.9. The number of fused-ring (bicyclic) bond motifs is 1. The Morgan fingerprint density at radius 1 is 0.963 bits per heavy atom. The van der Waals surface area contributed by atoms with Crippen molar-refractivity contribution in [3.05, 3.63) is 59.8 Å². The van der Waals surface area contributed by atoms with Gasteiger partial charge in [-0.05, 0) is 37.4 Å². The SMILES string of the molecule is CN1CCN(c2cccc3cc(S(=O)(=O)c4cccc(Cl)c4)cnc23)CC1. The molecule has 4 rings (SSSR count). The Morgan fingerprint density at radius 2 is 1.70 bits per heavy atom. The van der Waals surface area contributed by atoms with Gasteiger partial charge >= 0.3 is 0 Å². The number of halogens is 1. The van der Waals surface area contributed by atoms with Crippen molar-refractivity contribution in [3.63, 3.8) is 0 Å². The largest absolute Gasteiger partial charge is 0.367 e. The van der Waals surface area contributed by atoms with E-state index in [0.717, 1.165) is 42.8 Å². The Hall–Kier alpha value is -2.15. The maximum absolute atomic E-state index is 12.9. The lowest BCUT2D eigenvalue weighted by molar-refractivity contribution is 0.313. The van der Waals surface area contributed by atoms with Crippen molar-refractivity contribution in [2.24, 2.45) is 0 Å². The van der Waals surface area contributed by atoms with Gasteiger partial charge in [0.25, 0.3) is 0 Å². The molecule has 1 aliphatic heterocycles. The second-order valence-electron chi connectivity index (χ2n) is 6.77. The van der Waals surface area contributed by atoms with Crippen LogP contribution >= 0.6 is 11.6 Å². The molecule has 0 amide bonds. The molecule has 3 aromatic rings. The summed E-state index contributed by atoms with van der Waals surface area (Å²) in [6.45, 7) is 3.86. The summed E-state index contributed by atoms with van der Waals surface area (Å²) in [7, 11) is -1.55. The molecule has 140 valence electrons. The molecule has 0 radical (unpaired) electrons. The number of nitrogens with zero attached hydrogens (tertiary/aromatic N) is 3. The number of sulfone groups is 1. The van der Waals surface area contributed by atoms with Crippen LogP contribution in [0.3, 0.4) is 0 Å². The minimum absolute atomic E-state index is 0.173. The van der Waals surface area contributed by atoms with Crippen LogP contribution in [0.2, 0.25) is 5.02 Å². The fourth-order valence-corrected chi connectivity index (χ4v) is 4.88. The van der Waals surface area contributed by atoms with Crippen molar-refractivity contribution in [1.29, 1.82) is 0 Å². The van der Waals surface area contributed by atoms with Gasteiger partial charge in [-0.1, -0.05) is 29.8 Å². The van der Waals surface area contributed by atoms with E-state index in [2.05, 4.69) is 21.8 Å². The summed E-state index contributed by atoms with van der Waals surface area (Å²) >= 11 is 5.96. The van der Waals surface area contributed by atoms with E-state index in [1.54, 1.807) is 24.3 Å². The lowest BCUT2D eigenvalue weighted by atomic mass is 10.1. The van der Waals surface area contributed by atoms with Gasteiger partial charge in [-0.3, -0.25) is 4.98 Å². The van der Waals surface area contributed by atoms with Gasteiger partial charge in [-0.25, -0.2) is 8.42 Å². The van der Waals surface area contributed by atoms with Crippen LogP contribution in [-0.2, 0) is 9.84 Å². The lowest BCUT2D eigenvalue weighted by Gasteiger charge is -2.34. The van der Waals surface area contributed by atoms with Gasteiger partial charge in [0.1, 0.15) is 0 Å². The Balaban J connectivity index is 1.75. The second kappa shape index (κ2) is 7.11. The van der Waals surface area contributed by atoms with Crippen LogP contribution in [-0.4, -0.2) is 51.5 Å². The lowest BCUT2D eigenvalue weighted by Crippen LogP contribution is -2.44. The number of piperazine rings is 1. The van der Waals surface area contributed by atoms with Gasteiger partial charge in [0.15, 0.2) is 0 Å². The third kappa shape index (κ3) is 3.52. The van der Waals surface area contributed by atoms with E-state index in [4.69, 9.17) is 11.6 Å². The van der Waals surface area contributed by atoms with Crippen LogP contribution in [0.4, 0.5) is 5.69 Å². The molecular formula is C20H20ClN3O2S. The van der Waals surface area contributed by atoms with Gasteiger partial charge in [0.05, 0.1) is 21.0 Å². The molecule has 7 heteroatoms. The summed E-state index contributed by atoms with van der Waals surface area (Å²) in [6.07, 6.45) is 1.44. The first-order valence-corrected chi connectivity index (χ1v) is 10.6. The molecule has 1 saturated heterocycles. The van der Waals surface area contributed by atoms with Gasteiger partial charge < -0.3 is 9.80 Å². The van der Waals surface area contributed by atoms with Crippen molar-refractivity contribution >= 4 is 38.0 Å². The van der Waals surface area contributed by atoms with Crippen LogP contribution in [0.25, 0.3) is 10.9 Å². The van der Waals surface area contributed by atoms with Crippen LogP contribution < -0.4 is 4.90 Å². The quantitative estimate of drug-likeness (QED) is 0.672. The normalized spacial score (nSPS) is 16.0. The number of hydrogen-bond donors (Lipinski definition) is 0. The number of rotatable bonds is 3. The first-order valence-electron chi connectivity index (χ1n) is 8.78. The highest BCUT2D eigenvalue weighted by molar-refractivity contribution is 7.91. The van der Waals surface area contributed by atoms with E-state index in [1.807, 2.05) is 18.2 Å². The highest BCUT2D eigenvalue weighted by atomic mass is 35.5. The maximum Gasteiger partial charge on any atom is 0.208 e. The third-order valence-electron chi connectivity index (χ3n) is 4.93. The van der Waals surface area contributed by atoms with Crippen molar-refractivity contribution in [3.8, 4) is 0 Å². The minimum Gasteiger partial charge on any atom is -0.367 e. The van der Waals surface area contributed by atoms with Crippen LogP contribution in [0, 0.1) is 0 Å². The smallest absolute Gasteiger partial charge is 0.208 e. The number of benzene rings is 2. The Labute approximate surface area is 164 Å².